The van der Waals surface area contributed by atoms with Crippen LogP contribution in [0.25, 0.3) is 0 Å². The molecule has 110 valence electrons. The summed E-state index contributed by atoms with van der Waals surface area (Å²) >= 11 is 0.796. The van der Waals surface area contributed by atoms with Crippen molar-refractivity contribution in [3.8, 4) is 0 Å². The van der Waals surface area contributed by atoms with Crippen LogP contribution in [0.2, 0.25) is 0 Å². The molecule has 7 nitrogen and oxygen atoms in total. The second-order valence-electron chi connectivity index (χ2n) is 5.35. The van der Waals surface area contributed by atoms with Crippen molar-refractivity contribution in [3.63, 3.8) is 0 Å². The topological polar surface area (TPSA) is 92.6 Å². The first kappa shape index (κ1) is 16.1. The maximum absolute atomic E-state index is 12.0. The lowest BCUT2D eigenvalue weighted by Crippen LogP contribution is -2.46. The number of hydrogen-bond acceptors (Lipinski definition) is 5. The van der Waals surface area contributed by atoms with Gasteiger partial charge in [-0.2, -0.15) is 0 Å². The zero-order valence-electron chi connectivity index (χ0n) is 11.8. The second kappa shape index (κ2) is 6.00. The highest BCUT2D eigenvalue weighted by Crippen LogP contribution is 2.24. The van der Waals surface area contributed by atoms with Crippen LogP contribution in [0.4, 0.5) is 5.00 Å². The number of carbonyl (C=O) groups is 2. The van der Waals surface area contributed by atoms with Gasteiger partial charge in [-0.15, -0.1) is 0 Å². The van der Waals surface area contributed by atoms with E-state index in [0.29, 0.717) is 0 Å². The van der Waals surface area contributed by atoms with Crippen LogP contribution in [0.3, 0.4) is 0 Å². The van der Waals surface area contributed by atoms with Crippen LogP contribution >= 0.6 is 11.3 Å². The van der Waals surface area contributed by atoms with Gasteiger partial charge in [-0.05, 0) is 26.8 Å². The number of rotatable bonds is 4. The second-order valence-corrected chi connectivity index (χ2v) is 6.42. The Morgan fingerprint density at radius 3 is 2.45 bits per heavy atom. The molecule has 0 unspecified atom stereocenters. The van der Waals surface area contributed by atoms with Crippen LogP contribution in [0.1, 0.15) is 30.4 Å². The summed E-state index contributed by atoms with van der Waals surface area (Å²) in [5.41, 5.74) is -0.372. The summed E-state index contributed by atoms with van der Waals surface area (Å²) in [6.07, 6.45) is 0. The quantitative estimate of drug-likeness (QED) is 0.675. The van der Waals surface area contributed by atoms with Gasteiger partial charge in [0.15, 0.2) is 0 Å². The smallest absolute Gasteiger partial charge is 0.324 e. The summed E-state index contributed by atoms with van der Waals surface area (Å²) < 4.78 is 0. The lowest BCUT2D eigenvalue weighted by atomic mass is 10.1. The van der Waals surface area contributed by atoms with Crippen molar-refractivity contribution in [2.24, 2.45) is 0 Å². The molecule has 0 aliphatic rings. The number of likely N-dealkylation sites (N-methyl/N-ethyl adjacent to an activating group) is 1. The summed E-state index contributed by atoms with van der Waals surface area (Å²) in [5.74, 6) is -0.688. The first-order chi connectivity index (χ1) is 9.10. The minimum absolute atomic E-state index is 0.0954. The van der Waals surface area contributed by atoms with Crippen molar-refractivity contribution >= 4 is 28.2 Å². The third-order valence-electron chi connectivity index (χ3n) is 2.22. The first-order valence-corrected chi connectivity index (χ1v) is 6.72. The van der Waals surface area contributed by atoms with E-state index in [2.05, 4.69) is 5.32 Å². The van der Waals surface area contributed by atoms with Gasteiger partial charge in [-0.1, -0.05) is 11.3 Å². The molecule has 0 fully saturated rings. The van der Waals surface area contributed by atoms with Crippen molar-refractivity contribution in [3.05, 3.63) is 27.1 Å². The Morgan fingerprint density at radius 2 is 2.00 bits per heavy atom. The van der Waals surface area contributed by atoms with Crippen LogP contribution in [0.15, 0.2) is 12.1 Å². The maximum atomic E-state index is 12.0. The SMILES string of the molecule is CN(CC(=O)NC(C)(C)C)C(=O)c1ccc([N+](=O)[O-])s1. The Bertz CT molecular complexity index is 533. The van der Waals surface area contributed by atoms with Gasteiger partial charge in [0.05, 0.1) is 16.3 Å². The highest BCUT2D eigenvalue weighted by atomic mass is 32.1. The average molecular weight is 299 g/mol. The van der Waals surface area contributed by atoms with E-state index in [1.807, 2.05) is 20.8 Å². The predicted octanol–water partition coefficient (Wildman–Crippen LogP) is 1.64. The fraction of sp³-hybridized carbons (Fsp3) is 0.500. The van der Waals surface area contributed by atoms with Gasteiger partial charge in [0, 0.05) is 18.7 Å². The Morgan fingerprint density at radius 1 is 1.40 bits per heavy atom. The molecule has 20 heavy (non-hydrogen) atoms. The summed E-state index contributed by atoms with van der Waals surface area (Å²) in [6.45, 7) is 5.43. The average Bonchev–Trinajstić information content (AvgIpc) is 2.74. The zero-order valence-corrected chi connectivity index (χ0v) is 12.6. The number of nitro groups is 1. The molecule has 8 heteroatoms. The van der Waals surface area contributed by atoms with E-state index in [9.17, 15) is 19.7 Å². The number of carbonyl (C=O) groups excluding carboxylic acids is 2. The standard InChI is InChI=1S/C12H17N3O4S/c1-12(2,3)13-9(16)7-14(4)11(17)8-5-6-10(20-8)15(18)19/h5-6H,7H2,1-4H3,(H,13,16). The number of hydrogen-bond donors (Lipinski definition) is 1. The molecular weight excluding hydrogens is 282 g/mol. The molecule has 1 rings (SSSR count). The molecule has 0 saturated carbocycles. The van der Waals surface area contributed by atoms with Gasteiger partial charge in [0.25, 0.3) is 5.91 Å². The molecule has 1 aromatic heterocycles. The van der Waals surface area contributed by atoms with Crippen LogP contribution in [0.5, 0.6) is 0 Å². The number of amides is 2. The molecule has 1 aromatic rings. The first-order valence-electron chi connectivity index (χ1n) is 5.91. The van der Waals surface area contributed by atoms with Crippen LogP contribution < -0.4 is 5.32 Å². The van der Waals surface area contributed by atoms with Crippen molar-refractivity contribution in [2.45, 2.75) is 26.3 Å². The number of thiophene rings is 1. The monoisotopic (exact) mass is 299 g/mol. The van der Waals surface area contributed by atoms with E-state index in [-0.39, 0.29) is 27.9 Å². The molecule has 2 amide bonds. The van der Waals surface area contributed by atoms with E-state index in [0.717, 1.165) is 11.3 Å². The van der Waals surface area contributed by atoms with Crippen LogP contribution in [0, 0.1) is 10.1 Å². The molecule has 0 aliphatic heterocycles. The van der Waals surface area contributed by atoms with Gasteiger partial charge < -0.3 is 10.2 Å². The Hall–Kier alpha value is -1.96. The molecule has 1 heterocycles. The maximum Gasteiger partial charge on any atom is 0.324 e. The molecular formula is C12H17N3O4S. The van der Waals surface area contributed by atoms with Gasteiger partial charge >= 0.3 is 5.00 Å². The normalized spacial score (nSPS) is 11.0. The van der Waals surface area contributed by atoms with E-state index in [1.165, 1.54) is 24.1 Å². The molecule has 0 aromatic carbocycles. The molecule has 0 spiro atoms. The number of nitrogens with one attached hydrogen (secondary N) is 1. The Labute approximate surface area is 120 Å². The van der Waals surface area contributed by atoms with E-state index < -0.39 is 10.8 Å². The van der Waals surface area contributed by atoms with Gasteiger partial charge in [-0.25, -0.2) is 0 Å². The van der Waals surface area contributed by atoms with Crippen molar-refractivity contribution in [1.82, 2.24) is 10.2 Å². The lowest BCUT2D eigenvalue weighted by molar-refractivity contribution is -0.380. The highest BCUT2D eigenvalue weighted by Gasteiger charge is 2.21. The molecule has 0 saturated heterocycles. The van der Waals surface area contributed by atoms with Gasteiger partial charge in [-0.3, -0.25) is 19.7 Å². The molecule has 1 N–H and O–H groups in total. The van der Waals surface area contributed by atoms with Gasteiger partial charge in [0.2, 0.25) is 5.91 Å². The summed E-state index contributed by atoms with van der Waals surface area (Å²) in [6, 6.07) is 2.67. The van der Waals surface area contributed by atoms with Crippen molar-refractivity contribution in [1.29, 1.82) is 0 Å². The third kappa shape index (κ3) is 4.61. The van der Waals surface area contributed by atoms with E-state index in [4.69, 9.17) is 0 Å². The zero-order chi connectivity index (χ0) is 15.5. The fourth-order valence-electron chi connectivity index (χ4n) is 1.47. The molecule has 0 radical (unpaired) electrons. The summed E-state index contributed by atoms with van der Waals surface area (Å²) in [7, 11) is 1.48. The van der Waals surface area contributed by atoms with Crippen molar-refractivity contribution in [2.75, 3.05) is 13.6 Å². The fourth-order valence-corrected chi connectivity index (χ4v) is 2.29. The molecule has 0 atom stereocenters. The predicted molar refractivity (Wildman–Crippen MR) is 75.8 cm³/mol. The Balaban J connectivity index is 2.67. The largest absolute Gasteiger partial charge is 0.350 e. The third-order valence-corrected chi connectivity index (χ3v) is 3.25. The lowest BCUT2D eigenvalue weighted by Gasteiger charge is -2.23. The number of nitrogens with zero attached hydrogens (tertiary/aromatic N) is 2. The van der Waals surface area contributed by atoms with Crippen LogP contribution in [-0.2, 0) is 4.79 Å². The van der Waals surface area contributed by atoms with Gasteiger partial charge in [0.1, 0.15) is 0 Å². The van der Waals surface area contributed by atoms with E-state index in [1.54, 1.807) is 0 Å². The van der Waals surface area contributed by atoms with Crippen molar-refractivity contribution < 1.29 is 14.5 Å². The minimum atomic E-state index is -0.548. The highest BCUT2D eigenvalue weighted by molar-refractivity contribution is 7.17. The van der Waals surface area contributed by atoms with Crippen LogP contribution in [-0.4, -0.2) is 40.8 Å². The Kier molecular flexibility index (Phi) is 4.83. The summed E-state index contributed by atoms with van der Waals surface area (Å²) in [5, 5.41) is 13.2. The molecule has 0 bridgehead atoms. The minimum Gasteiger partial charge on any atom is -0.350 e. The van der Waals surface area contributed by atoms with E-state index >= 15 is 0 Å². The molecule has 0 aliphatic carbocycles. The summed E-state index contributed by atoms with van der Waals surface area (Å²) in [4.78, 5) is 35.2.